The quantitative estimate of drug-likeness (QED) is 0.789. The van der Waals surface area contributed by atoms with E-state index in [9.17, 15) is 15.1 Å². The summed E-state index contributed by atoms with van der Waals surface area (Å²) in [4.78, 5) is 12.4. The van der Waals surface area contributed by atoms with Crippen molar-refractivity contribution in [3.05, 3.63) is 29.3 Å². The van der Waals surface area contributed by atoms with Gasteiger partial charge in [-0.1, -0.05) is 25.3 Å². The number of rotatable bonds is 2. The topological polar surface area (TPSA) is 82.4 Å². The SMILES string of the molecule is N#CC1(NC(=O)c2ccc3c(c2)COB3O)CCCCC1. The van der Waals surface area contributed by atoms with Gasteiger partial charge in [-0.2, -0.15) is 5.26 Å². The van der Waals surface area contributed by atoms with Gasteiger partial charge in [0.1, 0.15) is 5.54 Å². The van der Waals surface area contributed by atoms with Crippen LogP contribution in [0.4, 0.5) is 0 Å². The average molecular weight is 284 g/mol. The van der Waals surface area contributed by atoms with Crippen LogP contribution >= 0.6 is 0 Å². The highest BCUT2D eigenvalue weighted by molar-refractivity contribution is 6.61. The van der Waals surface area contributed by atoms with Gasteiger partial charge >= 0.3 is 7.12 Å². The molecule has 6 heteroatoms. The van der Waals surface area contributed by atoms with E-state index in [1.54, 1.807) is 18.2 Å². The lowest BCUT2D eigenvalue weighted by molar-refractivity contribution is 0.0902. The summed E-state index contributed by atoms with van der Waals surface area (Å²) in [7, 11) is -0.902. The number of carbonyl (C=O) groups excluding carboxylic acids is 1. The van der Waals surface area contributed by atoms with Crippen molar-refractivity contribution in [1.29, 1.82) is 5.26 Å². The number of fused-ring (bicyclic) bond motifs is 1. The molecule has 1 aliphatic carbocycles. The van der Waals surface area contributed by atoms with Gasteiger partial charge in [0.15, 0.2) is 0 Å². The minimum atomic E-state index is -0.902. The Hall–Kier alpha value is -1.84. The summed E-state index contributed by atoms with van der Waals surface area (Å²) in [5.41, 5.74) is 1.31. The second-order valence-electron chi connectivity index (χ2n) is 5.79. The first-order chi connectivity index (χ1) is 10.1. The van der Waals surface area contributed by atoms with Crippen LogP contribution in [0.25, 0.3) is 0 Å². The lowest BCUT2D eigenvalue weighted by Gasteiger charge is -2.31. The Labute approximate surface area is 124 Å². The van der Waals surface area contributed by atoms with Gasteiger partial charge in [-0.3, -0.25) is 4.79 Å². The minimum Gasteiger partial charge on any atom is -0.423 e. The van der Waals surface area contributed by atoms with Gasteiger partial charge in [-0.15, -0.1) is 0 Å². The summed E-state index contributed by atoms with van der Waals surface area (Å²) in [5.74, 6) is -0.234. The van der Waals surface area contributed by atoms with E-state index in [-0.39, 0.29) is 5.91 Å². The molecule has 0 radical (unpaired) electrons. The second-order valence-corrected chi connectivity index (χ2v) is 5.79. The van der Waals surface area contributed by atoms with E-state index in [2.05, 4.69) is 11.4 Å². The Kier molecular flexibility index (Phi) is 3.70. The molecule has 1 aliphatic heterocycles. The normalized spacial score (nSPS) is 19.7. The van der Waals surface area contributed by atoms with Gasteiger partial charge in [-0.05, 0) is 36.0 Å². The Morgan fingerprint density at radius 1 is 1.38 bits per heavy atom. The maximum atomic E-state index is 12.4. The molecular weight excluding hydrogens is 267 g/mol. The monoisotopic (exact) mass is 284 g/mol. The predicted molar refractivity (Wildman–Crippen MR) is 77.7 cm³/mol. The lowest BCUT2D eigenvalue weighted by atomic mass is 9.79. The van der Waals surface area contributed by atoms with Crippen molar-refractivity contribution in [1.82, 2.24) is 5.32 Å². The molecule has 108 valence electrons. The molecule has 5 nitrogen and oxygen atoms in total. The van der Waals surface area contributed by atoms with E-state index in [0.29, 0.717) is 30.5 Å². The number of hydrogen-bond donors (Lipinski definition) is 2. The highest BCUT2D eigenvalue weighted by Crippen LogP contribution is 2.28. The Balaban J connectivity index is 1.78. The zero-order valence-electron chi connectivity index (χ0n) is 11.8. The molecule has 0 aromatic heterocycles. The fraction of sp³-hybridized carbons (Fsp3) is 0.467. The van der Waals surface area contributed by atoms with Crippen molar-refractivity contribution in [3.8, 4) is 6.07 Å². The van der Waals surface area contributed by atoms with E-state index in [1.165, 1.54) is 0 Å². The van der Waals surface area contributed by atoms with Crippen molar-refractivity contribution in [2.24, 2.45) is 0 Å². The third-order valence-corrected chi connectivity index (χ3v) is 4.34. The summed E-state index contributed by atoms with van der Waals surface area (Å²) in [5, 5.41) is 21.9. The van der Waals surface area contributed by atoms with E-state index in [1.807, 2.05) is 0 Å². The summed E-state index contributed by atoms with van der Waals surface area (Å²) in [6.07, 6.45) is 4.48. The van der Waals surface area contributed by atoms with E-state index in [0.717, 1.165) is 24.8 Å². The Bertz CT molecular complexity index is 605. The lowest BCUT2D eigenvalue weighted by Crippen LogP contribution is -2.48. The van der Waals surface area contributed by atoms with E-state index in [4.69, 9.17) is 4.65 Å². The number of amides is 1. The maximum absolute atomic E-state index is 12.4. The predicted octanol–water partition coefficient (Wildman–Crippen LogP) is 0.861. The zero-order chi connectivity index (χ0) is 14.9. The number of nitriles is 1. The first-order valence-electron chi connectivity index (χ1n) is 7.30. The molecule has 1 fully saturated rings. The molecule has 0 spiro atoms. The van der Waals surface area contributed by atoms with Gasteiger partial charge in [0.05, 0.1) is 12.7 Å². The van der Waals surface area contributed by atoms with Crippen molar-refractivity contribution in [3.63, 3.8) is 0 Å². The van der Waals surface area contributed by atoms with Crippen LogP contribution in [0, 0.1) is 11.3 Å². The summed E-state index contributed by atoms with van der Waals surface area (Å²) in [6.45, 7) is 0.307. The Morgan fingerprint density at radius 3 is 2.86 bits per heavy atom. The van der Waals surface area contributed by atoms with Crippen molar-refractivity contribution < 1.29 is 14.5 Å². The average Bonchev–Trinajstić information content (AvgIpc) is 2.89. The van der Waals surface area contributed by atoms with Gasteiger partial charge < -0.3 is 15.0 Å². The molecule has 0 saturated heterocycles. The van der Waals surface area contributed by atoms with Crippen molar-refractivity contribution in [2.75, 3.05) is 0 Å². The Morgan fingerprint density at radius 2 is 2.14 bits per heavy atom. The third-order valence-electron chi connectivity index (χ3n) is 4.34. The zero-order valence-corrected chi connectivity index (χ0v) is 11.8. The molecule has 1 saturated carbocycles. The molecule has 1 aromatic rings. The molecule has 0 bridgehead atoms. The summed E-state index contributed by atoms with van der Waals surface area (Å²) < 4.78 is 5.12. The number of hydrogen-bond acceptors (Lipinski definition) is 4. The number of nitrogens with zero attached hydrogens (tertiary/aromatic N) is 1. The highest BCUT2D eigenvalue weighted by Gasteiger charge is 2.34. The van der Waals surface area contributed by atoms with Crippen LogP contribution in [0.3, 0.4) is 0 Å². The molecule has 3 rings (SSSR count). The molecule has 2 N–H and O–H groups in total. The van der Waals surface area contributed by atoms with Crippen molar-refractivity contribution >= 4 is 18.5 Å². The smallest absolute Gasteiger partial charge is 0.423 e. The molecule has 1 aromatic carbocycles. The highest BCUT2D eigenvalue weighted by atomic mass is 16.5. The van der Waals surface area contributed by atoms with Gasteiger partial charge in [0.25, 0.3) is 5.91 Å². The standard InChI is InChI=1S/C15H17BN2O3/c17-10-15(6-2-1-3-7-15)18-14(19)11-4-5-13-12(8-11)9-21-16(13)20/h4-5,8,20H,1-3,6-7,9H2,(H,18,19). The number of benzene rings is 1. The van der Waals surface area contributed by atoms with Crippen molar-refractivity contribution in [2.45, 2.75) is 44.2 Å². The first kappa shape index (κ1) is 14.1. The molecule has 0 unspecified atom stereocenters. The van der Waals surface area contributed by atoms with Crippen LogP contribution < -0.4 is 10.8 Å². The molecule has 21 heavy (non-hydrogen) atoms. The molecule has 2 aliphatic rings. The van der Waals surface area contributed by atoms with Crippen LogP contribution in [0.1, 0.15) is 48.0 Å². The fourth-order valence-electron chi connectivity index (χ4n) is 3.08. The van der Waals surface area contributed by atoms with Crippen LogP contribution in [0.2, 0.25) is 0 Å². The largest absolute Gasteiger partial charge is 0.491 e. The van der Waals surface area contributed by atoms with Gasteiger partial charge in [-0.25, -0.2) is 0 Å². The van der Waals surface area contributed by atoms with Gasteiger partial charge in [0.2, 0.25) is 0 Å². The minimum absolute atomic E-state index is 0.234. The maximum Gasteiger partial charge on any atom is 0.491 e. The first-order valence-corrected chi connectivity index (χ1v) is 7.30. The molecular formula is C15H17BN2O3. The van der Waals surface area contributed by atoms with Crippen LogP contribution in [0.15, 0.2) is 18.2 Å². The van der Waals surface area contributed by atoms with Crippen LogP contribution in [-0.4, -0.2) is 23.6 Å². The molecule has 1 heterocycles. The second kappa shape index (κ2) is 5.51. The summed E-state index contributed by atoms with van der Waals surface area (Å²) in [6, 6.07) is 7.39. The van der Waals surface area contributed by atoms with E-state index < -0.39 is 12.7 Å². The fourth-order valence-corrected chi connectivity index (χ4v) is 3.08. The van der Waals surface area contributed by atoms with Crippen LogP contribution in [-0.2, 0) is 11.3 Å². The number of nitrogens with one attached hydrogen (secondary N) is 1. The molecule has 1 amide bonds. The molecule has 0 atom stereocenters. The van der Waals surface area contributed by atoms with E-state index >= 15 is 0 Å². The third kappa shape index (κ3) is 2.67. The summed E-state index contributed by atoms with van der Waals surface area (Å²) >= 11 is 0. The van der Waals surface area contributed by atoms with Gasteiger partial charge in [0, 0.05) is 5.56 Å². The number of carbonyl (C=O) groups is 1. The van der Waals surface area contributed by atoms with Crippen LogP contribution in [0.5, 0.6) is 0 Å².